The zero-order chi connectivity index (χ0) is 47.2. The maximum absolute atomic E-state index is 12.4. The highest BCUT2D eigenvalue weighted by molar-refractivity contribution is 5.76. The van der Waals surface area contributed by atoms with Gasteiger partial charge in [-0.05, 0) is 51.4 Å². The maximum Gasteiger partial charge on any atom is 0.305 e. The standard InChI is InChI=1S/C59H115NO5/c1-3-5-7-9-11-13-15-33-37-41-45-49-53-59(64)65-54-50-46-42-38-34-31-29-27-25-23-21-19-17-16-18-20-22-24-26-28-30-32-36-40-44-48-52-58(63)60-56(55-61)57(62)51-47-43-39-35-14-12-10-8-6-4-2/h11,13,56-57,61-62H,3-10,12,14-55H2,1-2H3,(H,60,63)/b13-11-. The zero-order valence-corrected chi connectivity index (χ0v) is 44.0. The van der Waals surface area contributed by atoms with E-state index in [-0.39, 0.29) is 18.5 Å². The smallest absolute Gasteiger partial charge is 0.305 e. The lowest BCUT2D eigenvalue weighted by Crippen LogP contribution is -2.45. The molecule has 386 valence electrons. The summed E-state index contributed by atoms with van der Waals surface area (Å²) in [7, 11) is 0. The topological polar surface area (TPSA) is 95.9 Å². The fourth-order valence-electron chi connectivity index (χ4n) is 9.28. The number of aliphatic hydroxyl groups excluding tert-OH is 2. The Bertz CT molecular complexity index is 970. The first-order chi connectivity index (χ1) is 32.0. The summed E-state index contributed by atoms with van der Waals surface area (Å²) >= 11 is 0. The van der Waals surface area contributed by atoms with E-state index in [0.717, 1.165) is 44.9 Å². The molecule has 0 aliphatic carbocycles. The van der Waals surface area contributed by atoms with Crippen LogP contribution in [0.3, 0.4) is 0 Å². The van der Waals surface area contributed by atoms with Crippen molar-refractivity contribution in [2.24, 2.45) is 0 Å². The normalized spacial score (nSPS) is 12.6. The first-order valence-electron chi connectivity index (χ1n) is 29.4. The van der Waals surface area contributed by atoms with Gasteiger partial charge in [0, 0.05) is 12.8 Å². The summed E-state index contributed by atoms with van der Waals surface area (Å²) in [5, 5.41) is 23.1. The molecule has 0 aliphatic heterocycles. The Balaban J connectivity index is 3.32. The Morgan fingerprint density at radius 3 is 1.12 bits per heavy atom. The molecule has 2 unspecified atom stereocenters. The van der Waals surface area contributed by atoms with Gasteiger partial charge in [0.2, 0.25) is 5.91 Å². The monoisotopic (exact) mass is 918 g/mol. The summed E-state index contributed by atoms with van der Waals surface area (Å²) in [6.45, 7) is 4.93. The fraction of sp³-hybridized carbons (Fsp3) is 0.932. The van der Waals surface area contributed by atoms with Gasteiger partial charge in [-0.25, -0.2) is 0 Å². The second kappa shape index (κ2) is 55.2. The Morgan fingerprint density at radius 1 is 0.415 bits per heavy atom. The Morgan fingerprint density at radius 2 is 0.723 bits per heavy atom. The van der Waals surface area contributed by atoms with Crippen LogP contribution in [-0.2, 0) is 14.3 Å². The van der Waals surface area contributed by atoms with E-state index in [1.54, 1.807) is 0 Å². The molecule has 0 aromatic carbocycles. The molecule has 0 aromatic heterocycles. The number of carbonyl (C=O) groups is 2. The molecule has 0 aliphatic rings. The number of rotatable bonds is 55. The van der Waals surface area contributed by atoms with Crippen molar-refractivity contribution in [1.82, 2.24) is 5.32 Å². The predicted molar refractivity (Wildman–Crippen MR) is 283 cm³/mol. The van der Waals surface area contributed by atoms with E-state index in [1.807, 2.05) is 0 Å². The number of aliphatic hydroxyl groups is 2. The van der Waals surface area contributed by atoms with Crippen LogP contribution in [0.15, 0.2) is 12.2 Å². The first kappa shape index (κ1) is 63.6. The number of carbonyl (C=O) groups excluding carboxylic acids is 2. The van der Waals surface area contributed by atoms with Crippen molar-refractivity contribution in [1.29, 1.82) is 0 Å². The van der Waals surface area contributed by atoms with E-state index in [0.29, 0.717) is 25.9 Å². The summed E-state index contributed by atoms with van der Waals surface area (Å²) < 4.78 is 5.47. The highest BCUT2D eigenvalue weighted by Gasteiger charge is 2.20. The van der Waals surface area contributed by atoms with Crippen LogP contribution < -0.4 is 5.32 Å². The van der Waals surface area contributed by atoms with Gasteiger partial charge < -0.3 is 20.3 Å². The highest BCUT2D eigenvalue weighted by atomic mass is 16.5. The van der Waals surface area contributed by atoms with Crippen molar-refractivity contribution >= 4 is 11.9 Å². The molecular formula is C59H115NO5. The van der Waals surface area contributed by atoms with E-state index in [4.69, 9.17) is 4.74 Å². The molecule has 0 radical (unpaired) electrons. The van der Waals surface area contributed by atoms with E-state index in [9.17, 15) is 19.8 Å². The maximum atomic E-state index is 12.4. The van der Waals surface area contributed by atoms with Crippen molar-refractivity contribution in [3.63, 3.8) is 0 Å². The zero-order valence-electron chi connectivity index (χ0n) is 44.0. The summed E-state index contributed by atoms with van der Waals surface area (Å²) in [5.41, 5.74) is 0. The number of allylic oxidation sites excluding steroid dienone is 2. The van der Waals surface area contributed by atoms with Crippen molar-refractivity contribution in [3.05, 3.63) is 12.2 Å². The minimum Gasteiger partial charge on any atom is -0.466 e. The molecule has 6 nitrogen and oxygen atoms in total. The third-order valence-electron chi connectivity index (χ3n) is 13.8. The first-order valence-corrected chi connectivity index (χ1v) is 29.4. The van der Waals surface area contributed by atoms with Crippen molar-refractivity contribution in [2.75, 3.05) is 13.2 Å². The van der Waals surface area contributed by atoms with Crippen molar-refractivity contribution in [2.45, 2.75) is 341 Å². The molecule has 0 heterocycles. The third kappa shape index (κ3) is 51.8. The number of amides is 1. The molecule has 0 rings (SSSR count). The third-order valence-corrected chi connectivity index (χ3v) is 13.8. The predicted octanol–water partition coefficient (Wildman–Crippen LogP) is 18.1. The van der Waals surface area contributed by atoms with Crippen LogP contribution in [0.2, 0.25) is 0 Å². The molecule has 0 spiro atoms. The van der Waals surface area contributed by atoms with Gasteiger partial charge in [0.25, 0.3) is 0 Å². The minimum absolute atomic E-state index is 0.00736. The summed E-state index contributed by atoms with van der Waals surface area (Å²) in [6, 6.07) is -0.537. The number of hydrogen-bond donors (Lipinski definition) is 3. The van der Waals surface area contributed by atoms with E-state index < -0.39 is 12.1 Å². The number of unbranched alkanes of at least 4 members (excludes halogenated alkanes) is 42. The average Bonchev–Trinajstić information content (AvgIpc) is 3.31. The highest BCUT2D eigenvalue weighted by Crippen LogP contribution is 2.18. The minimum atomic E-state index is -0.660. The van der Waals surface area contributed by atoms with Crippen LogP contribution in [0.25, 0.3) is 0 Å². The molecule has 0 aromatic rings. The van der Waals surface area contributed by atoms with Crippen LogP contribution in [0, 0.1) is 0 Å². The van der Waals surface area contributed by atoms with Gasteiger partial charge in [-0.2, -0.15) is 0 Å². The second-order valence-corrected chi connectivity index (χ2v) is 20.3. The molecular weight excluding hydrogens is 803 g/mol. The quantitative estimate of drug-likeness (QED) is 0.0321. The largest absolute Gasteiger partial charge is 0.466 e. The summed E-state index contributed by atoms with van der Waals surface area (Å²) in [6.07, 6.45) is 65.1. The summed E-state index contributed by atoms with van der Waals surface area (Å²) in [5.74, 6) is -0.0259. The molecule has 2 atom stereocenters. The lowest BCUT2D eigenvalue weighted by molar-refractivity contribution is -0.143. The number of nitrogens with one attached hydrogen (secondary N) is 1. The van der Waals surface area contributed by atoms with Gasteiger partial charge in [0.15, 0.2) is 0 Å². The van der Waals surface area contributed by atoms with Crippen LogP contribution in [0.5, 0.6) is 0 Å². The van der Waals surface area contributed by atoms with Gasteiger partial charge in [0.05, 0.1) is 25.4 Å². The lowest BCUT2D eigenvalue weighted by Gasteiger charge is -2.22. The van der Waals surface area contributed by atoms with Crippen molar-refractivity contribution < 1.29 is 24.5 Å². The number of esters is 1. The number of hydrogen-bond acceptors (Lipinski definition) is 5. The molecule has 65 heavy (non-hydrogen) atoms. The van der Waals surface area contributed by atoms with Gasteiger partial charge >= 0.3 is 5.97 Å². The Labute approximate surface area is 406 Å². The van der Waals surface area contributed by atoms with E-state index in [2.05, 4.69) is 31.3 Å². The van der Waals surface area contributed by atoms with Gasteiger partial charge in [0.1, 0.15) is 0 Å². The van der Waals surface area contributed by atoms with Gasteiger partial charge in [-0.3, -0.25) is 9.59 Å². The fourth-order valence-corrected chi connectivity index (χ4v) is 9.28. The second-order valence-electron chi connectivity index (χ2n) is 20.3. The molecule has 0 saturated carbocycles. The lowest BCUT2D eigenvalue weighted by atomic mass is 10.0. The SMILES string of the molecule is CCCCC/C=C\CCCCCCCC(=O)OCCCCCCCCCCCCCCCCCCCCCCCCCCCCC(=O)NC(CO)C(O)CCCCCCCCCCCC. The van der Waals surface area contributed by atoms with E-state index >= 15 is 0 Å². The Kier molecular flexibility index (Phi) is 54.0. The number of ether oxygens (including phenoxy) is 1. The van der Waals surface area contributed by atoms with Crippen LogP contribution in [0.1, 0.15) is 328 Å². The molecule has 0 saturated heterocycles. The molecule has 0 fully saturated rings. The average molecular weight is 919 g/mol. The van der Waals surface area contributed by atoms with Crippen LogP contribution in [-0.4, -0.2) is 47.4 Å². The van der Waals surface area contributed by atoms with Gasteiger partial charge in [-0.1, -0.05) is 276 Å². The molecule has 6 heteroatoms. The summed E-state index contributed by atoms with van der Waals surface area (Å²) in [4.78, 5) is 24.4. The molecule has 0 bridgehead atoms. The van der Waals surface area contributed by atoms with Crippen molar-refractivity contribution in [3.8, 4) is 0 Å². The van der Waals surface area contributed by atoms with Crippen LogP contribution >= 0.6 is 0 Å². The molecule has 1 amide bonds. The Hall–Kier alpha value is -1.40. The molecule has 3 N–H and O–H groups in total. The van der Waals surface area contributed by atoms with E-state index in [1.165, 1.54) is 250 Å². The van der Waals surface area contributed by atoms with Gasteiger partial charge in [-0.15, -0.1) is 0 Å². The van der Waals surface area contributed by atoms with Crippen LogP contribution in [0.4, 0.5) is 0 Å².